The van der Waals surface area contributed by atoms with E-state index in [1.807, 2.05) is 25.1 Å². The largest absolute Gasteiger partial charge is 0.484 e. The number of para-hydroxylation sites is 1. The third-order valence-electron chi connectivity index (χ3n) is 3.68. The SMILES string of the molecule is Cc1cccc(Cl)c1OCc1ccc(C(=O)O/N=C(\N)c2ccccc2)o1. The highest BCUT2D eigenvalue weighted by Crippen LogP contribution is 2.28. The first-order valence-electron chi connectivity index (χ1n) is 8.11. The van der Waals surface area contributed by atoms with Crippen LogP contribution in [0.15, 0.2) is 70.2 Å². The Balaban J connectivity index is 1.61. The van der Waals surface area contributed by atoms with Crippen LogP contribution in [0.4, 0.5) is 0 Å². The van der Waals surface area contributed by atoms with E-state index in [0.717, 1.165) is 5.56 Å². The van der Waals surface area contributed by atoms with Crippen LogP contribution in [0.25, 0.3) is 0 Å². The van der Waals surface area contributed by atoms with Gasteiger partial charge in [-0.3, -0.25) is 0 Å². The lowest BCUT2D eigenvalue weighted by atomic mass is 10.2. The van der Waals surface area contributed by atoms with E-state index >= 15 is 0 Å². The highest BCUT2D eigenvalue weighted by molar-refractivity contribution is 6.32. The molecule has 138 valence electrons. The van der Waals surface area contributed by atoms with Gasteiger partial charge in [-0.1, -0.05) is 59.2 Å². The minimum absolute atomic E-state index is 0.00547. The summed E-state index contributed by atoms with van der Waals surface area (Å²) in [6.45, 7) is 2.01. The van der Waals surface area contributed by atoms with E-state index < -0.39 is 5.97 Å². The molecule has 1 heterocycles. The van der Waals surface area contributed by atoms with E-state index in [4.69, 9.17) is 31.3 Å². The molecule has 0 aliphatic carbocycles. The van der Waals surface area contributed by atoms with Crippen molar-refractivity contribution in [2.45, 2.75) is 13.5 Å². The molecule has 7 heteroatoms. The zero-order valence-corrected chi connectivity index (χ0v) is 15.3. The molecule has 0 fully saturated rings. The summed E-state index contributed by atoms with van der Waals surface area (Å²) in [7, 11) is 0. The van der Waals surface area contributed by atoms with Crippen molar-refractivity contribution in [2.24, 2.45) is 10.9 Å². The fraction of sp³-hybridized carbons (Fsp3) is 0.100. The maximum absolute atomic E-state index is 12.0. The smallest absolute Gasteiger partial charge is 0.400 e. The number of oxime groups is 1. The average Bonchev–Trinajstić information content (AvgIpc) is 3.15. The van der Waals surface area contributed by atoms with Gasteiger partial charge < -0.3 is 19.7 Å². The van der Waals surface area contributed by atoms with Crippen LogP contribution in [0.2, 0.25) is 5.02 Å². The van der Waals surface area contributed by atoms with Crippen molar-refractivity contribution in [1.82, 2.24) is 0 Å². The molecule has 0 saturated heterocycles. The van der Waals surface area contributed by atoms with Gasteiger partial charge in [0, 0.05) is 5.56 Å². The number of aryl methyl sites for hydroxylation is 1. The molecule has 3 aromatic rings. The zero-order chi connectivity index (χ0) is 19.2. The number of furan rings is 1. The molecule has 0 amide bonds. The summed E-state index contributed by atoms with van der Waals surface area (Å²) >= 11 is 6.12. The van der Waals surface area contributed by atoms with Crippen molar-refractivity contribution in [2.75, 3.05) is 0 Å². The Morgan fingerprint density at radius 3 is 2.63 bits per heavy atom. The van der Waals surface area contributed by atoms with Crippen LogP contribution >= 0.6 is 11.6 Å². The highest BCUT2D eigenvalue weighted by Gasteiger charge is 2.14. The van der Waals surface area contributed by atoms with E-state index in [-0.39, 0.29) is 18.2 Å². The van der Waals surface area contributed by atoms with Gasteiger partial charge in [-0.05, 0) is 30.7 Å². The van der Waals surface area contributed by atoms with Crippen molar-refractivity contribution in [3.05, 3.63) is 88.3 Å². The minimum Gasteiger partial charge on any atom is -0.484 e. The number of benzene rings is 2. The number of halogens is 1. The first-order chi connectivity index (χ1) is 13.0. The molecule has 0 radical (unpaired) electrons. The summed E-state index contributed by atoms with van der Waals surface area (Å²) in [4.78, 5) is 16.9. The fourth-order valence-corrected chi connectivity index (χ4v) is 2.58. The van der Waals surface area contributed by atoms with E-state index in [0.29, 0.717) is 22.1 Å². The Labute approximate surface area is 161 Å². The molecule has 0 atom stereocenters. The molecule has 0 spiro atoms. The molecular formula is C20H17ClN2O4. The Morgan fingerprint density at radius 1 is 1.11 bits per heavy atom. The van der Waals surface area contributed by atoms with Crippen molar-refractivity contribution in [1.29, 1.82) is 0 Å². The van der Waals surface area contributed by atoms with Crippen LogP contribution in [0, 0.1) is 6.92 Å². The summed E-state index contributed by atoms with van der Waals surface area (Å²) in [5.74, 6) is 0.345. The molecule has 1 aromatic heterocycles. The lowest BCUT2D eigenvalue weighted by molar-refractivity contribution is 0.0475. The van der Waals surface area contributed by atoms with Gasteiger partial charge in [-0.2, -0.15) is 0 Å². The van der Waals surface area contributed by atoms with Gasteiger partial charge in [0.15, 0.2) is 5.84 Å². The van der Waals surface area contributed by atoms with Crippen LogP contribution in [0.3, 0.4) is 0 Å². The molecule has 0 aliphatic rings. The van der Waals surface area contributed by atoms with Crippen LogP contribution in [-0.4, -0.2) is 11.8 Å². The molecule has 0 aliphatic heterocycles. The second kappa shape index (κ2) is 8.42. The fourth-order valence-electron chi connectivity index (χ4n) is 2.31. The quantitative estimate of drug-likeness (QED) is 0.296. The van der Waals surface area contributed by atoms with Crippen molar-refractivity contribution < 1.29 is 18.8 Å². The first-order valence-corrected chi connectivity index (χ1v) is 8.49. The Morgan fingerprint density at radius 2 is 1.89 bits per heavy atom. The molecule has 27 heavy (non-hydrogen) atoms. The second-order valence-electron chi connectivity index (χ2n) is 5.66. The zero-order valence-electron chi connectivity index (χ0n) is 14.5. The second-order valence-corrected chi connectivity index (χ2v) is 6.07. The number of nitrogens with two attached hydrogens (primary N) is 1. The predicted octanol–water partition coefficient (Wildman–Crippen LogP) is 4.30. The number of nitrogens with zero attached hydrogens (tertiary/aromatic N) is 1. The number of ether oxygens (including phenoxy) is 1. The van der Waals surface area contributed by atoms with E-state index in [2.05, 4.69) is 5.16 Å². The number of carbonyl (C=O) groups is 1. The van der Waals surface area contributed by atoms with Gasteiger partial charge in [0.05, 0.1) is 5.02 Å². The van der Waals surface area contributed by atoms with Gasteiger partial charge in [-0.15, -0.1) is 0 Å². The molecule has 2 N–H and O–H groups in total. The number of carbonyl (C=O) groups excluding carboxylic acids is 1. The third kappa shape index (κ3) is 4.68. The Kier molecular flexibility index (Phi) is 5.78. The molecule has 3 rings (SSSR count). The van der Waals surface area contributed by atoms with Crippen molar-refractivity contribution in [3.63, 3.8) is 0 Å². The predicted molar refractivity (Wildman–Crippen MR) is 102 cm³/mol. The summed E-state index contributed by atoms with van der Waals surface area (Å²) in [6, 6.07) is 17.5. The number of hydrogen-bond acceptors (Lipinski definition) is 5. The number of rotatable bonds is 6. The summed E-state index contributed by atoms with van der Waals surface area (Å²) in [6.07, 6.45) is 0. The lowest BCUT2D eigenvalue weighted by Crippen LogP contribution is -2.15. The van der Waals surface area contributed by atoms with Gasteiger partial charge in [-0.25, -0.2) is 4.79 Å². The molecule has 0 unspecified atom stereocenters. The lowest BCUT2D eigenvalue weighted by Gasteiger charge is -2.09. The summed E-state index contributed by atoms with van der Waals surface area (Å²) < 4.78 is 11.1. The molecule has 2 aromatic carbocycles. The first kappa shape index (κ1) is 18.5. The van der Waals surface area contributed by atoms with Crippen LogP contribution in [0.1, 0.15) is 27.4 Å². The number of amidine groups is 1. The normalized spacial score (nSPS) is 11.3. The van der Waals surface area contributed by atoms with E-state index in [1.165, 1.54) is 6.07 Å². The van der Waals surface area contributed by atoms with Gasteiger partial charge in [0.2, 0.25) is 5.76 Å². The van der Waals surface area contributed by atoms with E-state index in [1.54, 1.807) is 36.4 Å². The monoisotopic (exact) mass is 384 g/mol. The maximum atomic E-state index is 12.0. The van der Waals surface area contributed by atoms with Crippen molar-refractivity contribution >= 4 is 23.4 Å². The van der Waals surface area contributed by atoms with E-state index in [9.17, 15) is 4.79 Å². The van der Waals surface area contributed by atoms with Crippen LogP contribution < -0.4 is 10.5 Å². The van der Waals surface area contributed by atoms with Gasteiger partial charge >= 0.3 is 5.97 Å². The van der Waals surface area contributed by atoms with Crippen LogP contribution in [0.5, 0.6) is 5.75 Å². The van der Waals surface area contributed by atoms with Crippen molar-refractivity contribution in [3.8, 4) is 5.75 Å². The maximum Gasteiger partial charge on any atom is 0.400 e. The topological polar surface area (TPSA) is 87.0 Å². The standard InChI is InChI=1S/C20H17ClN2O4/c1-13-6-5-9-16(21)18(13)25-12-15-10-11-17(26-15)20(24)27-23-19(22)14-7-3-2-4-8-14/h2-11H,12H2,1H3,(H2,22,23). The minimum atomic E-state index is -0.756. The summed E-state index contributed by atoms with van der Waals surface area (Å²) in [5.41, 5.74) is 7.33. The van der Waals surface area contributed by atoms with Crippen LogP contribution in [-0.2, 0) is 11.4 Å². The Bertz CT molecular complexity index is 947. The molecule has 0 saturated carbocycles. The summed E-state index contributed by atoms with van der Waals surface area (Å²) in [5, 5.41) is 4.14. The van der Waals surface area contributed by atoms with Gasteiger partial charge in [0.25, 0.3) is 0 Å². The molecular weight excluding hydrogens is 368 g/mol. The number of hydrogen-bond donors (Lipinski definition) is 1. The Hall–Kier alpha value is -3.25. The molecule has 6 nitrogen and oxygen atoms in total. The molecule has 0 bridgehead atoms. The average molecular weight is 385 g/mol. The third-order valence-corrected chi connectivity index (χ3v) is 3.98. The highest BCUT2D eigenvalue weighted by atomic mass is 35.5. The van der Waals surface area contributed by atoms with Gasteiger partial charge in [0.1, 0.15) is 18.1 Å².